The summed E-state index contributed by atoms with van der Waals surface area (Å²) >= 11 is 0. The van der Waals surface area contributed by atoms with Crippen molar-refractivity contribution < 1.29 is 32.7 Å². The summed E-state index contributed by atoms with van der Waals surface area (Å²) in [6.07, 6.45) is 1.88. The highest BCUT2D eigenvalue weighted by molar-refractivity contribution is 6.51. The van der Waals surface area contributed by atoms with Gasteiger partial charge in [-0.25, -0.2) is 0 Å². The van der Waals surface area contributed by atoms with Crippen LogP contribution in [-0.4, -0.2) is 39.1 Å². The molecule has 0 radical (unpaired) electrons. The number of hydrogen-bond donors (Lipinski definition) is 0. The highest BCUT2D eigenvalue weighted by Crippen LogP contribution is 2.43. The zero-order valence-electron chi connectivity index (χ0n) is 27.8. The van der Waals surface area contributed by atoms with Crippen molar-refractivity contribution in [3.05, 3.63) is 106 Å². The SMILES string of the molecule is COc1ccc(-c2c3ccc(=O)cc-3oc3cc(OCc4ccc(OC/C=C/B5OC(C)(C)C(C)(C)O5)c(OC)c4)ccc23)c(C)c1. The largest absolute Gasteiger partial charge is 0.497 e. The smallest absolute Gasteiger partial charge is 0.486 e. The van der Waals surface area contributed by atoms with Gasteiger partial charge in [-0.3, -0.25) is 4.79 Å². The molecule has 0 amide bonds. The van der Waals surface area contributed by atoms with Crippen LogP contribution in [0.2, 0.25) is 0 Å². The van der Waals surface area contributed by atoms with Crippen LogP contribution in [0.4, 0.5) is 0 Å². The van der Waals surface area contributed by atoms with Crippen molar-refractivity contribution >= 4 is 18.1 Å². The number of rotatable bonds is 10. The van der Waals surface area contributed by atoms with Crippen molar-refractivity contribution in [2.45, 2.75) is 52.4 Å². The maximum Gasteiger partial charge on any atom is 0.486 e. The van der Waals surface area contributed by atoms with Gasteiger partial charge in [-0.2, -0.15) is 0 Å². The lowest BCUT2D eigenvalue weighted by Crippen LogP contribution is -2.41. The van der Waals surface area contributed by atoms with Crippen molar-refractivity contribution in [3.63, 3.8) is 0 Å². The van der Waals surface area contributed by atoms with Crippen LogP contribution >= 0.6 is 0 Å². The van der Waals surface area contributed by atoms with E-state index in [1.54, 1.807) is 20.3 Å². The topological polar surface area (TPSA) is 85.6 Å². The lowest BCUT2D eigenvalue weighted by atomic mass is 9.90. The lowest BCUT2D eigenvalue weighted by Gasteiger charge is -2.32. The molecule has 2 heterocycles. The Morgan fingerprint density at radius 1 is 0.766 bits per heavy atom. The fourth-order valence-corrected chi connectivity index (χ4v) is 5.63. The van der Waals surface area contributed by atoms with Gasteiger partial charge in [0.15, 0.2) is 16.9 Å². The van der Waals surface area contributed by atoms with Gasteiger partial charge < -0.3 is 32.7 Å². The number of ether oxygens (including phenoxy) is 4. The van der Waals surface area contributed by atoms with Gasteiger partial charge in [0, 0.05) is 28.6 Å². The number of benzene rings is 4. The fourth-order valence-electron chi connectivity index (χ4n) is 5.63. The van der Waals surface area contributed by atoms with E-state index in [1.165, 1.54) is 6.07 Å². The van der Waals surface area contributed by atoms with E-state index in [-0.39, 0.29) is 16.6 Å². The standard InChI is InChI=1S/C38H39BO8/c1-24-19-27(41-6)11-14-29(24)36-30-13-10-26(40)21-33(30)45-34-22-28(12-15-31(34)36)44-23-25-9-16-32(35(20-25)42-7)43-18-8-17-39-46-37(2,3)38(4,5)47-39/h8-17,19-22H,18,23H2,1-7H3/b17-8+. The van der Waals surface area contributed by atoms with Crippen LogP contribution in [0.1, 0.15) is 38.8 Å². The van der Waals surface area contributed by atoms with Crippen LogP contribution in [0.15, 0.2) is 94.1 Å². The molecule has 47 heavy (non-hydrogen) atoms. The Labute approximate surface area is 275 Å². The summed E-state index contributed by atoms with van der Waals surface area (Å²) < 4.78 is 41.4. The molecule has 242 valence electrons. The molecule has 8 nitrogen and oxygen atoms in total. The van der Waals surface area contributed by atoms with E-state index in [2.05, 4.69) is 0 Å². The summed E-state index contributed by atoms with van der Waals surface area (Å²) in [6, 6.07) is 22.4. The normalized spacial score (nSPS) is 15.4. The molecule has 3 aromatic rings. The van der Waals surface area contributed by atoms with Gasteiger partial charge in [0.25, 0.3) is 0 Å². The van der Waals surface area contributed by atoms with Gasteiger partial charge in [-0.05, 0) is 99.8 Å². The van der Waals surface area contributed by atoms with E-state index in [1.807, 2.05) is 107 Å². The first-order chi connectivity index (χ1) is 22.5. The quantitative estimate of drug-likeness (QED) is 0.113. The molecule has 9 heteroatoms. The summed E-state index contributed by atoms with van der Waals surface area (Å²) in [6.45, 7) is 10.8. The number of aryl methyl sites for hydroxylation is 1. The van der Waals surface area contributed by atoms with Gasteiger partial charge in [0.2, 0.25) is 0 Å². The third kappa shape index (κ3) is 6.59. The molecule has 3 aromatic carbocycles. The first-order valence-electron chi connectivity index (χ1n) is 15.6. The van der Waals surface area contributed by atoms with Crippen LogP contribution in [0.25, 0.3) is 33.4 Å². The summed E-state index contributed by atoms with van der Waals surface area (Å²) in [5.74, 6) is 5.00. The van der Waals surface area contributed by atoms with E-state index < -0.39 is 7.12 Å². The molecule has 3 aliphatic rings. The molecular formula is C38H39BO8. The molecule has 0 spiro atoms. The summed E-state index contributed by atoms with van der Waals surface area (Å²) in [7, 11) is 2.84. The molecule has 0 N–H and O–H groups in total. The molecule has 0 aromatic heterocycles. The molecule has 0 unspecified atom stereocenters. The average Bonchev–Trinajstić information content (AvgIpc) is 3.26. The monoisotopic (exact) mass is 634 g/mol. The molecule has 0 saturated carbocycles. The Hall–Kier alpha value is -4.73. The van der Waals surface area contributed by atoms with E-state index in [0.29, 0.717) is 41.8 Å². The maximum absolute atomic E-state index is 12.3. The Balaban J connectivity index is 1.19. The Morgan fingerprint density at radius 2 is 1.51 bits per heavy atom. The second kappa shape index (κ2) is 12.8. The van der Waals surface area contributed by atoms with Gasteiger partial charge in [-0.1, -0.05) is 24.2 Å². The predicted molar refractivity (Wildman–Crippen MR) is 184 cm³/mol. The number of methoxy groups -OCH3 is 2. The molecule has 6 rings (SSSR count). The van der Waals surface area contributed by atoms with E-state index in [0.717, 1.165) is 39.0 Å². The van der Waals surface area contributed by atoms with Crippen molar-refractivity contribution in [1.82, 2.24) is 0 Å². The molecule has 1 aliphatic carbocycles. The third-order valence-electron chi connectivity index (χ3n) is 8.90. The fraction of sp³-hybridized carbons (Fsp3) is 0.289. The van der Waals surface area contributed by atoms with E-state index in [9.17, 15) is 4.79 Å². The van der Waals surface area contributed by atoms with Gasteiger partial charge in [0.05, 0.1) is 25.4 Å². The van der Waals surface area contributed by atoms with Crippen molar-refractivity contribution in [2.24, 2.45) is 0 Å². The van der Waals surface area contributed by atoms with Crippen molar-refractivity contribution in [2.75, 3.05) is 20.8 Å². The predicted octanol–water partition coefficient (Wildman–Crippen LogP) is 8.04. The molecule has 1 fully saturated rings. The highest BCUT2D eigenvalue weighted by Gasteiger charge is 2.50. The number of fused-ring (bicyclic) bond motifs is 2. The average molecular weight is 635 g/mol. The van der Waals surface area contributed by atoms with Crippen molar-refractivity contribution in [1.29, 1.82) is 0 Å². The van der Waals surface area contributed by atoms with E-state index >= 15 is 0 Å². The first-order valence-corrected chi connectivity index (χ1v) is 15.6. The second-order valence-corrected chi connectivity index (χ2v) is 12.6. The van der Waals surface area contributed by atoms with E-state index in [4.69, 9.17) is 32.7 Å². The number of hydrogen-bond acceptors (Lipinski definition) is 8. The Kier molecular flexibility index (Phi) is 8.79. The third-order valence-corrected chi connectivity index (χ3v) is 8.90. The summed E-state index contributed by atoms with van der Waals surface area (Å²) in [5.41, 5.74) is 4.55. The minimum atomic E-state index is -0.422. The molecule has 2 aliphatic heterocycles. The van der Waals surface area contributed by atoms with Gasteiger partial charge in [0.1, 0.15) is 36.1 Å². The van der Waals surface area contributed by atoms with Gasteiger partial charge >= 0.3 is 7.12 Å². The van der Waals surface area contributed by atoms with Crippen molar-refractivity contribution in [3.8, 4) is 45.4 Å². The molecule has 1 saturated heterocycles. The molecule has 0 bridgehead atoms. The molecular weight excluding hydrogens is 595 g/mol. The first kappa shape index (κ1) is 32.2. The van der Waals surface area contributed by atoms with Gasteiger partial charge in [-0.15, -0.1) is 0 Å². The Morgan fingerprint density at radius 3 is 2.23 bits per heavy atom. The van der Waals surface area contributed by atoms with Crippen LogP contribution < -0.4 is 24.4 Å². The zero-order chi connectivity index (χ0) is 33.3. The van der Waals surface area contributed by atoms with Crippen LogP contribution in [0.5, 0.6) is 23.0 Å². The van der Waals surface area contributed by atoms with Crippen LogP contribution in [-0.2, 0) is 15.9 Å². The minimum absolute atomic E-state index is 0.118. The van der Waals surface area contributed by atoms with Crippen LogP contribution in [0, 0.1) is 6.92 Å². The zero-order valence-corrected chi connectivity index (χ0v) is 27.8. The highest BCUT2D eigenvalue weighted by atomic mass is 16.7. The second-order valence-electron chi connectivity index (χ2n) is 12.6. The lowest BCUT2D eigenvalue weighted by molar-refractivity contribution is 0.00578. The summed E-state index contributed by atoms with van der Waals surface area (Å²) in [5, 5.41) is 0.910. The summed E-state index contributed by atoms with van der Waals surface area (Å²) in [4.78, 5) is 12.3. The Bertz CT molecular complexity index is 1960. The molecule has 0 atom stereocenters. The van der Waals surface area contributed by atoms with Crippen LogP contribution in [0.3, 0.4) is 0 Å². The maximum atomic E-state index is 12.3. The minimum Gasteiger partial charge on any atom is -0.497 e.